The quantitative estimate of drug-likeness (QED) is 0.537. The highest BCUT2D eigenvalue weighted by molar-refractivity contribution is 6.06. The summed E-state index contributed by atoms with van der Waals surface area (Å²) >= 11 is 0. The second-order valence-corrected chi connectivity index (χ2v) is 8.95. The Morgan fingerprint density at radius 3 is 2.63 bits per heavy atom. The molecular weight excluding hydrogens is 461 g/mol. The molecule has 1 amide bonds. The first-order chi connectivity index (χ1) is 16.6. The SMILES string of the molecule is CC(C)N1CCc2c(c(C(F)(F)F)nn2-c2cccc(C(=O)N(C)c3ccc4c(c3)OCO4)c2)C1. The predicted octanol–water partition coefficient (Wildman–Crippen LogP) is 4.66. The van der Waals surface area contributed by atoms with Gasteiger partial charge in [0.15, 0.2) is 17.2 Å². The lowest BCUT2D eigenvalue weighted by Gasteiger charge is -2.31. The summed E-state index contributed by atoms with van der Waals surface area (Å²) < 4.78 is 53.6. The van der Waals surface area contributed by atoms with Crippen LogP contribution in [-0.2, 0) is 19.1 Å². The van der Waals surface area contributed by atoms with Gasteiger partial charge in [0, 0.05) is 55.5 Å². The first-order valence-electron chi connectivity index (χ1n) is 11.3. The van der Waals surface area contributed by atoms with E-state index in [2.05, 4.69) is 5.10 Å². The van der Waals surface area contributed by atoms with Gasteiger partial charge in [-0.15, -0.1) is 0 Å². The number of anilines is 1. The first-order valence-corrected chi connectivity index (χ1v) is 11.3. The Balaban J connectivity index is 1.49. The number of alkyl halides is 3. The monoisotopic (exact) mass is 486 g/mol. The number of hydrogen-bond donors (Lipinski definition) is 0. The van der Waals surface area contributed by atoms with E-state index in [9.17, 15) is 18.0 Å². The largest absolute Gasteiger partial charge is 0.454 e. The van der Waals surface area contributed by atoms with Crippen LogP contribution in [0.5, 0.6) is 11.5 Å². The molecule has 5 rings (SSSR count). The number of amides is 1. The molecule has 0 atom stereocenters. The minimum absolute atomic E-state index is 0.125. The summed E-state index contributed by atoms with van der Waals surface area (Å²) in [4.78, 5) is 16.7. The molecule has 1 aromatic heterocycles. The van der Waals surface area contributed by atoms with Crippen LogP contribution in [0.25, 0.3) is 5.69 Å². The molecule has 0 aliphatic carbocycles. The van der Waals surface area contributed by atoms with Crippen molar-refractivity contribution in [2.45, 2.75) is 39.0 Å². The number of aromatic nitrogens is 2. The van der Waals surface area contributed by atoms with Gasteiger partial charge in [-0.3, -0.25) is 9.69 Å². The molecule has 2 aliphatic rings. The normalized spacial score (nSPS) is 15.4. The van der Waals surface area contributed by atoms with Crippen molar-refractivity contribution in [3.63, 3.8) is 0 Å². The number of rotatable bonds is 4. The number of nitrogens with zero attached hydrogens (tertiary/aromatic N) is 4. The maximum atomic E-state index is 13.9. The topological polar surface area (TPSA) is 59.8 Å². The van der Waals surface area contributed by atoms with Gasteiger partial charge in [-0.05, 0) is 44.2 Å². The molecule has 184 valence electrons. The summed E-state index contributed by atoms with van der Waals surface area (Å²) in [5, 5.41) is 3.98. The fourth-order valence-electron chi connectivity index (χ4n) is 4.50. The molecule has 2 aromatic carbocycles. The minimum Gasteiger partial charge on any atom is -0.454 e. The van der Waals surface area contributed by atoms with Gasteiger partial charge in [-0.2, -0.15) is 18.3 Å². The Morgan fingerprint density at radius 1 is 1.11 bits per heavy atom. The number of fused-ring (bicyclic) bond motifs is 2. The summed E-state index contributed by atoms with van der Waals surface area (Å²) in [5.74, 6) is 0.847. The molecule has 2 aliphatic heterocycles. The van der Waals surface area contributed by atoms with Crippen LogP contribution < -0.4 is 14.4 Å². The molecule has 0 bridgehead atoms. The zero-order valence-electron chi connectivity index (χ0n) is 19.6. The minimum atomic E-state index is -4.57. The summed E-state index contributed by atoms with van der Waals surface area (Å²) in [6, 6.07) is 11.8. The van der Waals surface area contributed by atoms with Crippen LogP contribution in [0.2, 0.25) is 0 Å². The second-order valence-electron chi connectivity index (χ2n) is 8.95. The molecule has 35 heavy (non-hydrogen) atoms. The van der Waals surface area contributed by atoms with Gasteiger partial charge in [-0.1, -0.05) is 6.07 Å². The van der Waals surface area contributed by atoms with Crippen molar-refractivity contribution in [3.8, 4) is 17.2 Å². The van der Waals surface area contributed by atoms with E-state index in [4.69, 9.17) is 9.47 Å². The Morgan fingerprint density at radius 2 is 1.89 bits per heavy atom. The third-order valence-electron chi connectivity index (χ3n) is 6.47. The van der Waals surface area contributed by atoms with E-state index in [1.807, 2.05) is 18.7 Å². The fourth-order valence-corrected chi connectivity index (χ4v) is 4.50. The summed E-state index contributed by atoms with van der Waals surface area (Å²) in [5.41, 5.74) is 1.22. The van der Waals surface area contributed by atoms with Crippen LogP contribution in [0, 0.1) is 0 Å². The van der Waals surface area contributed by atoms with E-state index >= 15 is 0 Å². The average molecular weight is 486 g/mol. The van der Waals surface area contributed by atoms with E-state index in [1.54, 1.807) is 49.5 Å². The molecule has 0 saturated heterocycles. The number of carbonyl (C=O) groups excluding carboxylic acids is 1. The van der Waals surface area contributed by atoms with Gasteiger partial charge in [0.05, 0.1) is 11.4 Å². The van der Waals surface area contributed by atoms with Gasteiger partial charge in [0.1, 0.15) is 0 Å². The number of ether oxygens (including phenoxy) is 2. The van der Waals surface area contributed by atoms with Crippen LogP contribution >= 0.6 is 0 Å². The Bertz CT molecular complexity index is 1290. The van der Waals surface area contributed by atoms with Crippen molar-refractivity contribution in [3.05, 3.63) is 65.0 Å². The molecule has 0 spiro atoms. The zero-order valence-corrected chi connectivity index (χ0v) is 19.6. The fraction of sp³-hybridized carbons (Fsp3) is 0.360. The highest BCUT2D eigenvalue weighted by atomic mass is 19.4. The average Bonchev–Trinajstić information content (AvgIpc) is 3.46. The van der Waals surface area contributed by atoms with E-state index in [-0.39, 0.29) is 30.9 Å². The number of carbonyl (C=O) groups is 1. The molecule has 7 nitrogen and oxygen atoms in total. The first kappa shape index (κ1) is 23.2. The Labute approximate surface area is 200 Å². The lowest BCUT2D eigenvalue weighted by Crippen LogP contribution is -2.36. The van der Waals surface area contributed by atoms with Crippen LogP contribution in [0.4, 0.5) is 18.9 Å². The third kappa shape index (κ3) is 4.22. The lowest BCUT2D eigenvalue weighted by molar-refractivity contribution is -0.142. The van der Waals surface area contributed by atoms with Crippen molar-refractivity contribution in [2.75, 3.05) is 25.3 Å². The number of benzene rings is 2. The summed E-state index contributed by atoms with van der Waals surface area (Å²) in [6.07, 6.45) is -4.13. The summed E-state index contributed by atoms with van der Waals surface area (Å²) in [6.45, 7) is 4.89. The van der Waals surface area contributed by atoms with E-state index in [0.29, 0.717) is 47.1 Å². The standard InChI is InChI=1S/C25H25F3N4O3/c1-15(2)31-10-9-20-19(13-31)23(25(26,27)28)29-32(20)18-6-4-5-16(11-18)24(33)30(3)17-7-8-21-22(12-17)35-14-34-21/h4-8,11-12,15H,9-10,13-14H2,1-3H3. The van der Waals surface area contributed by atoms with Crippen molar-refractivity contribution >= 4 is 11.6 Å². The van der Waals surface area contributed by atoms with Crippen LogP contribution in [0.3, 0.4) is 0 Å². The van der Waals surface area contributed by atoms with Gasteiger partial charge in [-0.25, -0.2) is 4.68 Å². The highest BCUT2D eigenvalue weighted by Crippen LogP contribution is 2.37. The second kappa shape index (κ2) is 8.60. The van der Waals surface area contributed by atoms with E-state index in [0.717, 1.165) is 0 Å². The molecule has 3 heterocycles. The molecule has 3 aromatic rings. The predicted molar refractivity (Wildman–Crippen MR) is 123 cm³/mol. The smallest absolute Gasteiger partial charge is 0.435 e. The number of hydrogen-bond acceptors (Lipinski definition) is 5. The van der Waals surface area contributed by atoms with Crippen molar-refractivity contribution in [1.82, 2.24) is 14.7 Å². The Hall–Kier alpha value is -3.53. The van der Waals surface area contributed by atoms with E-state index in [1.165, 1.54) is 9.58 Å². The molecular formula is C25H25F3N4O3. The van der Waals surface area contributed by atoms with Gasteiger partial charge >= 0.3 is 6.18 Å². The third-order valence-corrected chi connectivity index (χ3v) is 6.47. The zero-order chi connectivity index (χ0) is 24.9. The molecule has 0 fully saturated rings. The molecule has 0 unspecified atom stereocenters. The Kier molecular flexibility index (Phi) is 5.71. The van der Waals surface area contributed by atoms with Crippen LogP contribution in [0.15, 0.2) is 42.5 Å². The van der Waals surface area contributed by atoms with Crippen LogP contribution in [-0.4, -0.2) is 47.0 Å². The van der Waals surface area contributed by atoms with Gasteiger partial charge in [0.25, 0.3) is 5.91 Å². The van der Waals surface area contributed by atoms with Crippen LogP contribution in [0.1, 0.15) is 41.2 Å². The van der Waals surface area contributed by atoms with Gasteiger partial charge in [0.2, 0.25) is 6.79 Å². The highest BCUT2D eigenvalue weighted by Gasteiger charge is 2.41. The maximum Gasteiger partial charge on any atom is 0.435 e. The molecule has 0 saturated carbocycles. The van der Waals surface area contributed by atoms with Crippen molar-refractivity contribution < 1.29 is 27.4 Å². The summed E-state index contributed by atoms with van der Waals surface area (Å²) in [7, 11) is 1.63. The molecule has 10 heteroatoms. The van der Waals surface area contributed by atoms with Crippen molar-refractivity contribution in [1.29, 1.82) is 0 Å². The molecule has 0 radical (unpaired) electrons. The van der Waals surface area contributed by atoms with Gasteiger partial charge < -0.3 is 14.4 Å². The van der Waals surface area contributed by atoms with Crippen molar-refractivity contribution in [2.24, 2.45) is 0 Å². The van der Waals surface area contributed by atoms with E-state index < -0.39 is 11.9 Å². The maximum absolute atomic E-state index is 13.9. The number of halogens is 3. The lowest BCUT2D eigenvalue weighted by atomic mass is 10.0. The molecule has 0 N–H and O–H groups in total.